The fraction of sp³-hybridized carbons (Fsp3) is 1.00. The third-order valence-corrected chi connectivity index (χ3v) is 5.39. The van der Waals surface area contributed by atoms with E-state index in [2.05, 4.69) is 11.8 Å². The van der Waals surface area contributed by atoms with Gasteiger partial charge in [-0.05, 0) is 44.6 Å². The maximum Gasteiger partial charge on any atom is 0.0855 e. The zero-order valence-corrected chi connectivity index (χ0v) is 12.1. The molecule has 3 aliphatic rings. The van der Waals surface area contributed by atoms with Gasteiger partial charge in [-0.2, -0.15) is 0 Å². The summed E-state index contributed by atoms with van der Waals surface area (Å²) in [5.41, 5.74) is 6.73. The molecule has 2 aliphatic heterocycles. The van der Waals surface area contributed by atoms with Gasteiger partial charge >= 0.3 is 0 Å². The number of ether oxygens (including phenoxy) is 2. The van der Waals surface area contributed by atoms with E-state index in [9.17, 15) is 0 Å². The molecule has 3 atom stereocenters. The van der Waals surface area contributed by atoms with Gasteiger partial charge in [0, 0.05) is 25.7 Å². The van der Waals surface area contributed by atoms with E-state index in [-0.39, 0.29) is 17.7 Å². The van der Waals surface area contributed by atoms with Crippen LogP contribution in [0.3, 0.4) is 0 Å². The Morgan fingerprint density at radius 3 is 2.89 bits per heavy atom. The van der Waals surface area contributed by atoms with Crippen LogP contribution in [0.2, 0.25) is 0 Å². The summed E-state index contributed by atoms with van der Waals surface area (Å²) in [7, 11) is 0. The smallest absolute Gasteiger partial charge is 0.0855 e. The molecule has 4 nitrogen and oxygen atoms in total. The third-order valence-electron chi connectivity index (χ3n) is 5.39. The van der Waals surface area contributed by atoms with Gasteiger partial charge in [-0.3, -0.25) is 4.90 Å². The van der Waals surface area contributed by atoms with Crippen molar-refractivity contribution in [2.75, 3.05) is 32.8 Å². The van der Waals surface area contributed by atoms with Crippen molar-refractivity contribution in [3.63, 3.8) is 0 Å². The van der Waals surface area contributed by atoms with Gasteiger partial charge in [0.1, 0.15) is 0 Å². The van der Waals surface area contributed by atoms with Crippen LogP contribution in [-0.2, 0) is 9.47 Å². The Kier molecular flexibility index (Phi) is 4.13. The van der Waals surface area contributed by atoms with Crippen LogP contribution in [0.25, 0.3) is 0 Å². The summed E-state index contributed by atoms with van der Waals surface area (Å²) in [5, 5.41) is 0. The van der Waals surface area contributed by atoms with Crippen LogP contribution in [0, 0.1) is 5.92 Å². The van der Waals surface area contributed by atoms with E-state index in [0.717, 1.165) is 45.7 Å². The molecule has 3 rings (SSSR count). The number of morpholine rings is 1. The van der Waals surface area contributed by atoms with Crippen LogP contribution in [0.4, 0.5) is 0 Å². The number of hydrogen-bond acceptors (Lipinski definition) is 4. The molecular weight excluding hydrogens is 240 g/mol. The maximum absolute atomic E-state index is 6.53. The largest absolute Gasteiger partial charge is 0.375 e. The highest BCUT2D eigenvalue weighted by Gasteiger charge is 2.45. The molecule has 0 aromatic carbocycles. The minimum Gasteiger partial charge on any atom is -0.375 e. The number of likely N-dealkylation sites (N-methyl/N-ethyl adjacent to an activating group) is 1. The minimum atomic E-state index is 0.177. The monoisotopic (exact) mass is 268 g/mol. The average Bonchev–Trinajstić information content (AvgIpc) is 2.45. The minimum absolute atomic E-state index is 0.177. The molecule has 2 heterocycles. The highest BCUT2D eigenvalue weighted by Crippen LogP contribution is 2.45. The van der Waals surface area contributed by atoms with Crippen LogP contribution in [0.15, 0.2) is 0 Å². The maximum atomic E-state index is 6.53. The molecule has 3 fully saturated rings. The third kappa shape index (κ3) is 2.82. The predicted molar refractivity (Wildman–Crippen MR) is 75.1 cm³/mol. The van der Waals surface area contributed by atoms with E-state index in [0.29, 0.717) is 5.92 Å². The molecule has 3 unspecified atom stereocenters. The second-order valence-corrected chi connectivity index (χ2v) is 6.52. The standard InChI is InChI=1S/C15H28N2O2/c1-2-17-7-9-18-13(11-17)14(16)12-4-8-19-15(10-12)5-3-6-15/h12-14H,2-11,16H2,1H3. The van der Waals surface area contributed by atoms with Gasteiger partial charge in [-0.25, -0.2) is 0 Å². The second-order valence-electron chi connectivity index (χ2n) is 6.52. The molecule has 19 heavy (non-hydrogen) atoms. The Morgan fingerprint density at radius 1 is 1.37 bits per heavy atom. The summed E-state index contributed by atoms with van der Waals surface area (Å²) >= 11 is 0. The highest BCUT2D eigenvalue weighted by atomic mass is 16.5. The van der Waals surface area contributed by atoms with E-state index >= 15 is 0 Å². The van der Waals surface area contributed by atoms with Gasteiger partial charge in [0.2, 0.25) is 0 Å². The fourth-order valence-corrected chi connectivity index (χ4v) is 3.87. The number of hydrogen-bond donors (Lipinski definition) is 1. The topological polar surface area (TPSA) is 47.7 Å². The molecule has 1 saturated carbocycles. The van der Waals surface area contributed by atoms with Crippen molar-refractivity contribution >= 4 is 0 Å². The van der Waals surface area contributed by atoms with E-state index in [4.69, 9.17) is 15.2 Å². The van der Waals surface area contributed by atoms with Crippen molar-refractivity contribution in [2.24, 2.45) is 11.7 Å². The Balaban J connectivity index is 1.58. The molecule has 1 aliphatic carbocycles. The quantitative estimate of drug-likeness (QED) is 0.840. The first-order chi connectivity index (χ1) is 9.22. The predicted octanol–water partition coefficient (Wildman–Crippen LogP) is 1.38. The molecule has 2 saturated heterocycles. The number of nitrogens with zero attached hydrogens (tertiary/aromatic N) is 1. The summed E-state index contributed by atoms with van der Waals surface area (Å²) in [6.45, 7) is 7.10. The molecule has 110 valence electrons. The molecule has 0 aromatic rings. The van der Waals surface area contributed by atoms with E-state index < -0.39 is 0 Å². The van der Waals surface area contributed by atoms with Crippen LogP contribution < -0.4 is 5.73 Å². The first-order valence-corrected chi connectivity index (χ1v) is 7.96. The lowest BCUT2D eigenvalue weighted by atomic mass is 9.70. The first-order valence-electron chi connectivity index (χ1n) is 7.96. The average molecular weight is 268 g/mol. The summed E-state index contributed by atoms with van der Waals surface area (Å²) in [6, 6.07) is 0.177. The van der Waals surface area contributed by atoms with Crippen molar-refractivity contribution < 1.29 is 9.47 Å². The van der Waals surface area contributed by atoms with Gasteiger partial charge in [-0.1, -0.05) is 6.92 Å². The van der Waals surface area contributed by atoms with Gasteiger partial charge < -0.3 is 15.2 Å². The number of rotatable bonds is 3. The van der Waals surface area contributed by atoms with E-state index in [1.165, 1.54) is 19.3 Å². The van der Waals surface area contributed by atoms with Gasteiger partial charge in [0.15, 0.2) is 0 Å². The molecular formula is C15H28N2O2. The summed E-state index contributed by atoms with van der Waals surface area (Å²) < 4.78 is 11.9. The summed E-state index contributed by atoms with van der Waals surface area (Å²) in [4.78, 5) is 2.45. The van der Waals surface area contributed by atoms with Crippen molar-refractivity contribution in [3.8, 4) is 0 Å². The number of nitrogens with two attached hydrogens (primary N) is 1. The molecule has 0 aromatic heterocycles. The van der Waals surface area contributed by atoms with Crippen molar-refractivity contribution in [2.45, 2.75) is 56.8 Å². The van der Waals surface area contributed by atoms with Gasteiger partial charge in [0.05, 0.1) is 18.3 Å². The second kappa shape index (κ2) is 5.68. The van der Waals surface area contributed by atoms with Crippen molar-refractivity contribution in [1.29, 1.82) is 0 Å². The van der Waals surface area contributed by atoms with Gasteiger partial charge in [-0.15, -0.1) is 0 Å². The summed E-state index contributed by atoms with van der Waals surface area (Å²) in [5.74, 6) is 0.579. The van der Waals surface area contributed by atoms with Crippen LogP contribution in [0.1, 0.15) is 39.0 Å². The zero-order chi connectivity index (χ0) is 13.3. The van der Waals surface area contributed by atoms with Crippen LogP contribution in [0.5, 0.6) is 0 Å². The van der Waals surface area contributed by atoms with Gasteiger partial charge in [0.25, 0.3) is 0 Å². The van der Waals surface area contributed by atoms with Crippen LogP contribution in [-0.4, -0.2) is 55.5 Å². The lowest BCUT2D eigenvalue weighted by Crippen LogP contribution is -2.56. The van der Waals surface area contributed by atoms with Crippen molar-refractivity contribution in [1.82, 2.24) is 4.90 Å². The first kappa shape index (κ1) is 13.8. The van der Waals surface area contributed by atoms with E-state index in [1.54, 1.807) is 0 Å². The normalized spacial score (nSPS) is 36.9. The Labute approximate surface area is 116 Å². The molecule has 0 bridgehead atoms. The fourth-order valence-electron chi connectivity index (χ4n) is 3.87. The van der Waals surface area contributed by atoms with E-state index in [1.807, 2.05) is 0 Å². The molecule has 1 spiro atoms. The summed E-state index contributed by atoms with van der Waals surface area (Å²) in [6.07, 6.45) is 6.28. The van der Waals surface area contributed by atoms with Crippen LogP contribution >= 0.6 is 0 Å². The molecule has 4 heteroatoms. The Bertz CT molecular complexity index is 307. The highest BCUT2D eigenvalue weighted by molar-refractivity contribution is 4.98. The lowest BCUT2D eigenvalue weighted by Gasteiger charge is -2.49. The molecule has 2 N–H and O–H groups in total. The molecule has 0 radical (unpaired) electrons. The SMILES string of the molecule is CCN1CCOC(C(N)C2CCOC3(CCC3)C2)C1. The molecule has 0 amide bonds. The Morgan fingerprint density at radius 2 is 2.21 bits per heavy atom. The Hall–Kier alpha value is -0.160. The van der Waals surface area contributed by atoms with Crippen molar-refractivity contribution in [3.05, 3.63) is 0 Å². The lowest BCUT2D eigenvalue weighted by molar-refractivity contribution is -0.153. The zero-order valence-electron chi connectivity index (χ0n) is 12.1.